The molecule has 0 saturated heterocycles. The number of anilines is 1. The fourth-order valence-electron chi connectivity index (χ4n) is 3.77. The third-order valence-electron chi connectivity index (χ3n) is 5.10. The van der Waals surface area contributed by atoms with Crippen LogP contribution in [-0.2, 0) is 6.42 Å². The van der Waals surface area contributed by atoms with Gasteiger partial charge in [-0.15, -0.1) is 10.2 Å². The largest absolute Gasteiger partial charge is 0.472 e. The quantitative estimate of drug-likeness (QED) is 0.786. The van der Waals surface area contributed by atoms with Gasteiger partial charge < -0.3 is 20.4 Å². The molecule has 1 saturated carbocycles. The zero-order chi connectivity index (χ0) is 18.7. The highest BCUT2D eigenvalue weighted by Gasteiger charge is 2.28. The van der Waals surface area contributed by atoms with Gasteiger partial charge in [-0.2, -0.15) is 0 Å². The minimum atomic E-state index is 0.0372. The first-order valence-electron chi connectivity index (χ1n) is 9.92. The summed E-state index contributed by atoms with van der Waals surface area (Å²) in [6.07, 6.45) is 7.50. The number of rotatable bonds is 7. The molecule has 0 spiro atoms. The van der Waals surface area contributed by atoms with Crippen LogP contribution in [-0.4, -0.2) is 38.9 Å². The van der Waals surface area contributed by atoms with Crippen LogP contribution in [0.4, 0.5) is 5.82 Å². The molecule has 26 heavy (non-hydrogen) atoms. The minimum Gasteiger partial charge on any atom is -0.472 e. The highest BCUT2D eigenvalue weighted by Crippen LogP contribution is 2.37. The van der Waals surface area contributed by atoms with Gasteiger partial charge in [-0.25, -0.2) is 4.98 Å². The molecule has 3 N–H and O–H groups in total. The average molecular weight is 361 g/mol. The van der Waals surface area contributed by atoms with Crippen LogP contribution in [0.25, 0.3) is 11.0 Å². The lowest BCUT2D eigenvalue weighted by Gasteiger charge is -2.29. The van der Waals surface area contributed by atoms with Crippen LogP contribution >= 0.6 is 0 Å². The van der Waals surface area contributed by atoms with E-state index >= 15 is 0 Å². The summed E-state index contributed by atoms with van der Waals surface area (Å²) in [5.74, 6) is 2.40. The number of nitrogens with two attached hydrogens (primary N) is 1. The molecule has 2 aromatic heterocycles. The number of hydrogen-bond acceptors (Lipinski definition) is 6. The Kier molecular flexibility index (Phi) is 5.96. The smallest absolute Gasteiger partial charge is 0.260 e. The van der Waals surface area contributed by atoms with Gasteiger partial charge in [0.05, 0.1) is 6.10 Å². The van der Waals surface area contributed by atoms with E-state index in [1.807, 2.05) is 20.9 Å². The summed E-state index contributed by atoms with van der Waals surface area (Å²) in [6.45, 7) is 6.23. The molecule has 0 aromatic carbocycles. The molecule has 2 aromatic rings. The lowest BCUT2D eigenvalue weighted by atomic mass is 9.91. The third-order valence-corrected chi connectivity index (χ3v) is 5.10. The van der Waals surface area contributed by atoms with Gasteiger partial charge >= 0.3 is 0 Å². The summed E-state index contributed by atoms with van der Waals surface area (Å²) >= 11 is 0. The van der Waals surface area contributed by atoms with E-state index in [0.29, 0.717) is 23.8 Å². The van der Waals surface area contributed by atoms with E-state index in [2.05, 4.69) is 27.0 Å². The molecule has 0 atom stereocenters. The van der Waals surface area contributed by atoms with E-state index in [-0.39, 0.29) is 6.10 Å². The highest BCUT2D eigenvalue weighted by molar-refractivity contribution is 5.89. The SMILES string of the molecule is CCCCc1nc2c(NC)nnc(OC(C)C)c2n1C1CCC(N)CC1. The van der Waals surface area contributed by atoms with Crippen LogP contribution in [0.2, 0.25) is 0 Å². The summed E-state index contributed by atoms with van der Waals surface area (Å²) in [7, 11) is 1.86. The van der Waals surface area contributed by atoms with Gasteiger partial charge in [-0.3, -0.25) is 0 Å². The molecule has 144 valence electrons. The van der Waals surface area contributed by atoms with Crippen LogP contribution in [0.15, 0.2) is 0 Å². The molecule has 2 heterocycles. The van der Waals surface area contributed by atoms with E-state index < -0.39 is 0 Å². The third kappa shape index (κ3) is 3.77. The summed E-state index contributed by atoms with van der Waals surface area (Å²) in [4.78, 5) is 4.97. The second-order valence-electron chi connectivity index (χ2n) is 7.54. The van der Waals surface area contributed by atoms with Crippen molar-refractivity contribution in [1.82, 2.24) is 19.7 Å². The molecule has 1 aliphatic carbocycles. The van der Waals surface area contributed by atoms with Crippen molar-refractivity contribution in [1.29, 1.82) is 0 Å². The van der Waals surface area contributed by atoms with Gasteiger partial charge in [0.2, 0.25) is 0 Å². The summed E-state index contributed by atoms with van der Waals surface area (Å²) < 4.78 is 8.39. The van der Waals surface area contributed by atoms with Crippen molar-refractivity contribution < 1.29 is 4.74 Å². The van der Waals surface area contributed by atoms with Crippen LogP contribution in [0.1, 0.15) is 71.2 Å². The van der Waals surface area contributed by atoms with Gasteiger partial charge in [-0.1, -0.05) is 13.3 Å². The second kappa shape index (κ2) is 8.20. The Morgan fingerprint density at radius 3 is 2.58 bits per heavy atom. The highest BCUT2D eigenvalue weighted by atomic mass is 16.5. The number of aryl methyl sites for hydroxylation is 1. The summed E-state index contributed by atoms with van der Waals surface area (Å²) in [6, 6.07) is 0.717. The van der Waals surface area contributed by atoms with Crippen molar-refractivity contribution in [3.63, 3.8) is 0 Å². The Morgan fingerprint density at radius 2 is 1.96 bits per heavy atom. The normalized spacial score (nSPS) is 20.7. The standard InChI is InChI=1S/C19H32N6O/c1-5-6-7-15-22-16-17(25(15)14-10-8-13(20)9-11-14)19(26-12(2)3)24-23-18(16)21-4/h12-14H,5-11,20H2,1-4H3,(H,21,23). The number of imidazole rings is 1. The number of fused-ring (bicyclic) bond motifs is 1. The van der Waals surface area contributed by atoms with Crippen molar-refractivity contribution >= 4 is 16.9 Å². The molecule has 0 radical (unpaired) electrons. The first-order chi connectivity index (χ1) is 12.5. The lowest BCUT2D eigenvalue weighted by Crippen LogP contribution is -2.28. The number of nitrogens with zero attached hydrogens (tertiary/aromatic N) is 4. The monoisotopic (exact) mass is 360 g/mol. The molecule has 1 aliphatic rings. The van der Waals surface area contributed by atoms with Gasteiger partial charge in [0.1, 0.15) is 16.9 Å². The Morgan fingerprint density at radius 1 is 1.23 bits per heavy atom. The number of unbranched alkanes of at least 4 members (excludes halogenated alkanes) is 1. The molecule has 7 nitrogen and oxygen atoms in total. The predicted molar refractivity (Wildman–Crippen MR) is 105 cm³/mol. The summed E-state index contributed by atoms with van der Waals surface area (Å²) in [5.41, 5.74) is 7.98. The molecule has 0 amide bonds. The maximum Gasteiger partial charge on any atom is 0.260 e. The van der Waals surface area contributed by atoms with Crippen LogP contribution in [0, 0.1) is 0 Å². The maximum atomic E-state index is 6.14. The topological polar surface area (TPSA) is 90.9 Å². The Labute approximate surface area is 155 Å². The van der Waals surface area contributed by atoms with Gasteiger partial charge in [-0.05, 0) is 46.0 Å². The molecule has 3 rings (SSSR count). The van der Waals surface area contributed by atoms with Crippen LogP contribution < -0.4 is 15.8 Å². The van der Waals surface area contributed by atoms with Crippen LogP contribution in [0.5, 0.6) is 5.88 Å². The average Bonchev–Trinajstić information content (AvgIpc) is 3.00. The van der Waals surface area contributed by atoms with Gasteiger partial charge in [0.25, 0.3) is 5.88 Å². The van der Waals surface area contributed by atoms with Crippen molar-refractivity contribution in [2.75, 3.05) is 12.4 Å². The number of hydrogen-bond donors (Lipinski definition) is 2. The molecule has 0 unspecified atom stereocenters. The Hall–Kier alpha value is -1.89. The zero-order valence-electron chi connectivity index (χ0n) is 16.5. The van der Waals surface area contributed by atoms with Gasteiger partial charge in [0, 0.05) is 25.6 Å². The molecule has 0 bridgehead atoms. The van der Waals surface area contributed by atoms with E-state index in [9.17, 15) is 0 Å². The number of nitrogens with one attached hydrogen (secondary N) is 1. The van der Waals surface area contributed by atoms with E-state index in [1.54, 1.807) is 0 Å². The molecule has 1 fully saturated rings. The fourth-order valence-corrected chi connectivity index (χ4v) is 3.77. The maximum absolute atomic E-state index is 6.14. The van der Waals surface area contributed by atoms with E-state index in [1.165, 1.54) is 0 Å². The Balaban J connectivity index is 2.15. The van der Waals surface area contributed by atoms with E-state index in [0.717, 1.165) is 61.8 Å². The number of aromatic nitrogens is 4. The van der Waals surface area contributed by atoms with Crippen LogP contribution in [0.3, 0.4) is 0 Å². The zero-order valence-corrected chi connectivity index (χ0v) is 16.5. The molecule has 0 aliphatic heterocycles. The second-order valence-corrected chi connectivity index (χ2v) is 7.54. The van der Waals surface area contributed by atoms with Crippen molar-refractivity contribution in [3.05, 3.63) is 5.82 Å². The van der Waals surface area contributed by atoms with Crippen molar-refractivity contribution in [2.45, 2.75) is 83.9 Å². The first kappa shape index (κ1) is 18.9. The fraction of sp³-hybridized carbons (Fsp3) is 0.737. The van der Waals surface area contributed by atoms with E-state index in [4.69, 9.17) is 15.5 Å². The van der Waals surface area contributed by atoms with Gasteiger partial charge in [0.15, 0.2) is 5.82 Å². The molecular formula is C19H32N6O. The minimum absolute atomic E-state index is 0.0372. The Bertz CT molecular complexity index is 733. The first-order valence-corrected chi connectivity index (χ1v) is 9.92. The van der Waals surface area contributed by atoms with Crippen molar-refractivity contribution in [2.24, 2.45) is 5.73 Å². The lowest BCUT2D eigenvalue weighted by molar-refractivity contribution is 0.231. The number of ether oxygens (including phenoxy) is 1. The molecular weight excluding hydrogens is 328 g/mol. The van der Waals surface area contributed by atoms with Crippen molar-refractivity contribution in [3.8, 4) is 5.88 Å². The predicted octanol–water partition coefficient (Wildman–Crippen LogP) is 3.44. The summed E-state index contributed by atoms with van der Waals surface area (Å²) in [5, 5.41) is 11.8. The molecule has 7 heteroatoms.